The Kier molecular flexibility index (Phi) is 12.5. The summed E-state index contributed by atoms with van der Waals surface area (Å²) in [4.78, 5) is 0. The number of aryl methyl sites for hydroxylation is 3. The van der Waals surface area contributed by atoms with Gasteiger partial charge in [-0.15, -0.1) is 62.5 Å². The van der Waals surface area contributed by atoms with Crippen LogP contribution in [-0.4, -0.2) is 6.88 Å². The van der Waals surface area contributed by atoms with E-state index < -0.39 is 0 Å². The summed E-state index contributed by atoms with van der Waals surface area (Å²) in [7, 11) is 0. The molecule has 0 fully saturated rings. The van der Waals surface area contributed by atoms with Gasteiger partial charge in [-0.3, -0.25) is 0 Å². The molecular formula is C42H42SiZr-4. The molecule has 0 N–H and O–H groups in total. The summed E-state index contributed by atoms with van der Waals surface area (Å²) >= 11 is 1.36. The van der Waals surface area contributed by atoms with Crippen molar-refractivity contribution in [1.29, 1.82) is 0 Å². The van der Waals surface area contributed by atoms with E-state index in [0.29, 0.717) is 5.92 Å². The predicted octanol–water partition coefficient (Wildman–Crippen LogP) is 12.2. The van der Waals surface area contributed by atoms with Gasteiger partial charge < -0.3 is 14.9 Å². The van der Waals surface area contributed by atoms with Crippen LogP contribution in [0.2, 0.25) is 0 Å². The number of hydrogen-bond donors (Lipinski definition) is 0. The minimum atomic E-state index is 0. The second-order valence-electron chi connectivity index (χ2n) is 11.4. The molecule has 0 atom stereocenters. The van der Waals surface area contributed by atoms with Gasteiger partial charge in [-0.2, -0.15) is 12.1 Å². The molecule has 0 spiro atoms. The zero-order chi connectivity index (χ0) is 29.8. The molecule has 7 aromatic carbocycles. The monoisotopic (exact) mass is 664 g/mol. The van der Waals surface area contributed by atoms with Crippen LogP contribution in [0, 0.1) is 35.6 Å². The minimum absolute atomic E-state index is 0. The fourth-order valence-corrected chi connectivity index (χ4v) is 5.94. The number of rotatable bonds is 3. The Balaban J connectivity index is 0.000000222. The first-order valence-corrected chi connectivity index (χ1v) is 18.7. The molecular weight excluding hydrogens is 624 g/mol. The standard InChI is InChI=1S/C22H19.C18H17.2CH3.Si.Zr/c1-14-11-20-16(3)15(2)13-22(21(20)12-14)19-10-6-8-17-7-4-5-9-18(17)19;1-13(2)16-11-15-9-6-10-17(18(15)12-16)14-7-4-3-5-8-14;;;;/h4-13H,1-3H3;3-13H,1-2H3;2*1H3;;/q4*-1;;. The first-order chi connectivity index (χ1) is 20.4. The van der Waals surface area contributed by atoms with Gasteiger partial charge >= 0.3 is 30.2 Å². The Morgan fingerprint density at radius 1 is 0.591 bits per heavy atom. The SMILES string of the molecule is CC(C)c1cc2c(-c3ccccc3)cccc2[cH-]1.Cc1cc2c(-c3cccc4ccccc34)cc(C)c(C)c2[cH-]1.[CH3-].[CH3-].[Si]=[Zr]. The Morgan fingerprint density at radius 3 is 1.95 bits per heavy atom. The molecule has 0 aliphatic rings. The molecule has 0 bridgehead atoms. The van der Waals surface area contributed by atoms with Crippen LogP contribution in [-0.2, 0) is 23.3 Å². The van der Waals surface area contributed by atoms with Gasteiger partial charge in [0.15, 0.2) is 0 Å². The third-order valence-electron chi connectivity index (χ3n) is 8.29. The Morgan fingerprint density at radius 2 is 1.23 bits per heavy atom. The van der Waals surface area contributed by atoms with E-state index >= 15 is 0 Å². The number of benzene rings is 5. The van der Waals surface area contributed by atoms with Crippen LogP contribution in [0.25, 0.3) is 54.6 Å². The topological polar surface area (TPSA) is 0 Å². The van der Waals surface area contributed by atoms with Crippen LogP contribution < -0.4 is 0 Å². The first-order valence-electron chi connectivity index (χ1n) is 14.6. The maximum absolute atomic E-state index is 3.06. The van der Waals surface area contributed by atoms with Gasteiger partial charge in [-0.25, -0.2) is 0 Å². The molecule has 0 saturated heterocycles. The van der Waals surface area contributed by atoms with E-state index in [9.17, 15) is 0 Å². The fourth-order valence-electron chi connectivity index (χ4n) is 5.94. The second-order valence-corrected chi connectivity index (χ2v) is 11.4. The van der Waals surface area contributed by atoms with Crippen LogP contribution >= 0.6 is 0 Å². The molecule has 0 heterocycles. The van der Waals surface area contributed by atoms with Crippen LogP contribution in [0.1, 0.15) is 42.0 Å². The molecule has 0 aliphatic carbocycles. The van der Waals surface area contributed by atoms with Gasteiger partial charge in [-0.05, 0) is 34.7 Å². The average molecular weight is 666 g/mol. The molecule has 0 saturated carbocycles. The van der Waals surface area contributed by atoms with Gasteiger partial charge in [0.25, 0.3) is 0 Å². The van der Waals surface area contributed by atoms with E-state index in [1.54, 1.807) is 0 Å². The normalized spacial score (nSPS) is 10.4. The van der Waals surface area contributed by atoms with Crippen LogP contribution in [0.3, 0.4) is 0 Å². The quantitative estimate of drug-likeness (QED) is 0.130. The van der Waals surface area contributed by atoms with Crippen molar-refractivity contribution in [3.05, 3.63) is 158 Å². The van der Waals surface area contributed by atoms with E-state index in [4.69, 9.17) is 0 Å². The Bertz CT molecular complexity index is 1970. The van der Waals surface area contributed by atoms with E-state index in [-0.39, 0.29) is 14.9 Å². The molecule has 7 aromatic rings. The Labute approximate surface area is 282 Å². The van der Waals surface area contributed by atoms with Crippen molar-refractivity contribution in [3.8, 4) is 22.3 Å². The summed E-state index contributed by atoms with van der Waals surface area (Å²) in [6.07, 6.45) is 0. The molecule has 2 heteroatoms. The summed E-state index contributed by atoms with van der Waals surface area (Å²) in [6, 6.07) is 44.0. The molecule has 0 amide bonds. The molecule has 7 rings (SSSR count). The zero-order valence-electron chi connectivity index (χ0n) is 27.1. The van der Waals surface area contributed by atoms with Crippen LogP contribution in [0.5, 0.6) is 0 Å². The van der Waals surface area contributed by atoms with Crippen molar-refractivity contribution in [2.75, 3.05) is 0 Å². The molecule has 0 unspecified atom stereocenters. The molecule has 0 aliphatic heterocycles. The third kappa shape index (κ3) is 7.14. The molecule has 44 heavy (non-hydrogen) atoms. The van der Waals surface area contributed by atoms with E-state index in [1.807, 2.05) is 0 Å². The van der Waals surface area contributed by atoms with Gasteiger partial charge in [0.2, 0.25) is 0 Å². The van der Waals surface area contributed by atoms with Crippen LogP contribution in [0.4, 0.5) is 0 Å². The van der Waals surface area contributed by atoms with Crippen molar-refractivity contribution in [2.24, 2.45) is 0 Å². The number of fused-ring (bicyclic) bond motifs is 3. The van der Waals surface area contributed by atoms with Crippen molar-refractivity contribution >= 4 is 39.2 Å². The van der Waals surface area contributed by atoms with E-state index in [2.05, 4.69) is 163 Å². The zero-order valence-corrected chi connectivity index (χ0v) is 30.6. The van der Waals surface area contributed by atoms with Crippen molar-refractivity contribution in [2.45, 2.75) is 40.5 Å². The Hall–Kier alpha value is -3.32. The van der Waals surface area contributed by atoms with Crippen molar-refractivity contribution in [3.63, 3.8) is 0 Å². The number of hydrogen-bond acceptors (Lipinski definition) is 0. The van der Waals surface area contributed by atoms with Crippen molar-refractivity contribution < 1.29 is 23.3 Å². The van der Waals surface area contributed by atoms with E-state index in [1.165, 1.54) is 100 Å². The molecule has 222 valence electrons. The first kappa shape index (κ1) is 35.2. The summed E-state index contributed by atoms with van der Waals surface area (Å²) < 4.78 is 0. The van der Waals surface area contributed by atoms with Gasteiger partial charge in [0.1, 0.15) is 0 Å². The van der Waals surface area contributed by atoms with Gasteiger partial charge in [0, 0.05) is 0 Å². The van der Waals surface area contributed by atoms with E-state index in [0.717, 1.165) is 0 Å². The summed E-state index contributed by atoms with van der Waals surface area (Å²) in [5, 5.41) is 8.10. The third-order valence-corrected chi connectivity index (χ3v) is 8.29. The summed E-state index contributed by atoms with van der Waals surface area (Å²) in [5.74, 6) is 0.584. The average Bonchev–Trinajstić information content (AvgIpc) is 3.65. The summed E-state index contributed by atoms with van der Waals surface area (Å²) in [6.45, 7) is 14.2. The van der Waals surface area contributed by atoms with Gasteiger partial charge in [0.05, 0.1) is 0 Å². The predicted molar refractivity (Wildman–Crippen MR) is 194 cm³/mol. The van der Waals surface area contributed by atoms with Gasteiger partial charge in [-0.1, -0.05) is 129 Å². The molecule has 0 nitrogen and oxygen atoms in total. The fraction of sp³-hybridized carbons (Fsp3) is 0.143. The maximum atomic E-state index is 3.06. The second kappa shape index (κ2) is 15.6. The molecule has 2 radical (unpaired) electrons. The van der Waals surface area contributed by atoms with Crippen molar-refractivity contribution in [1.82, 2.24) is 0 Å². The van der Waals surface area contributed by atoms with Crippen LogP contribution in [0.15, 0.2) is 121 Å². The molecule has 0 aromatic heterocycles. The summed E-state index contributed by atoms with van der Waals surface area (Å²) in [5.41, 5.74) is 10.8.